The van der Waals surface area contributed by atoms with Gasteiger partial charge in [-0.25, -0.2) is 19.2 Å². The molecule has 0 aliphatic carbocycles. The summed E-state index contributed by atoms with van der Waals surface area (Å²) in [6.07, 6.45) is 5.14. The molecule has 0 amide bonds. The van der Waals surface area contributed by atoms with Gasteiger partial charge in [0.1, 0.15) is 11.0 Å². The smallest absolute Gasteiger partial charge is 0.252 e. The number of pyridine rings is 1. The molecule has 0 radical (unpaired) electrons. The molecule has 0 saturated heterocycles. The molecule has 0 saturated carbocycles. The summed E-state index contributed by atoms with van der Waals surface area (Å²) < 4.78 is 4.15. The van der Waals surface area contributed by atoms with Crippen molar-refractivity contribution in [3.63, 3.8) is 0 Å². The fourth-order valence-corrected chi connectivity index (χ4v) is 2.53. The van der Waals surface area contributed by atoms with Crippen molar-refractivity contribution in [3.8, 4) is 0 Å². The zero-order chi connectivity index (χ0) is 13.0. The first-order valence-electron chi connectivity index (χ1n) is 5.86. The second-order valence-corrected chi connectivity index (χ2v) is 4.54. The van der Waals surface area contributed by atoms with Crippen LogP contribution in [-0.2, 0) is 6.54 Å². The van der Waals surface area contributed by atoms with Crippen molar-refractivity contribution in [1.82, 2.24) is 34.3 Å². The first-order chi connectivity index (χ1) is 9.29. The number of aromatic nitrogens is 7. The van der Waals surface area contributed by atoms with E-state index in [4.69, 9.17) is 12.2 Å². The number of hydrogen-bond donors (Lipinski definition) is 1. The Morgan fingerprint density at radius 2 is 2.16 bits per heavy atom. The lowest BCUT2D eigenvalue weighted by Gasteiger charge is -2.03. The van der Waals surface area contributed by atoms with Crippen molar-refractivity contribution >= 4 is 39.9 Å². The molecule has 94 valence electrons. The lowest BCUT2D eigenvalue weighted by molar-refractivity contribution is 0.677. The van der Waals surface area contributed by atoms with Crippen LogP contribution in [0.25, 0.3) is 27.7 Å². The third kappa shape index (κ3) is 1.28. The minimum atomic E-state index is 0.501. The quantitative estimate of drug-likeness (QED) is 0.533. The molecule has 4 aromatic heterocycles. The van der Waals surface area contributed by atoms with E-state index in [2.05, 4.69) is 25.1 Å². The maximum absolute atomic E-state index is 5.30. The van der Waals surface area contributed by atoms with Crippen LogP contribution in [0, 0.1) is 4.64 Å². The molecule has 4 rings (SSSR count). The third-order valence-electron chi connectivity index (χ3n) is 3.16. The van der Waals surface area contributed by atoms with E-state index in [1.807, 2.05) is 11.6 Å². The minimum Gasteiger partial charge on any atom is -0.280 e. The summed E-state index contributed by atoms with van der Waals surface area (Å²) in [5, 5.41) is 9.13. The molecule has 0 aliphatic heterocycles. The van der Waals surface area contributed by atoms with Gasteiger partial charge in [-0.15, -0.1) is 0 Å². The van der Waals surface area contributed by atoms with E-state index in [9.17, 15) is 0 Å². The highest BCUT2D eigenvalue weighted by Gasteiger charge is 2.12. The van der Waals surface area contributed by atoms with Crippen LogP contribution in [-0.4, -0.2) is 34.3 Å². The van der Waals surface area contributed by atoms with Crippen molar-refractivity contribution < 1.29 is 0 Å². The average molecular weight is 271 g/mol. The second kappa shape index (κ2) is 3.58. The van der Waals surface area contributed by atoms with Gasteiger partial charge in [-0.3, -0.25) is 5.10 Å². The van der Waals surface area contributed by atoms with Gasteiger partial charge in [0.2, 0.25) is 0 Å². The molecule has 19 heavy (non-hydrogen) atoms. The molecular formula is C11H9N7S. The third-order valence-corrected chi connectivity index (χ3v) is 3.47. The van der Waals surface area contributed by atoms with Gasteiger partial charge in [-0.1, -0.05) is 12.2 Å². The monoisotopic (exact) mass is 271 g/mol. The zero-order valence-electron chi connectivity index (χ0n) is 10.0. The maximum atomic E-state index is 5.30. The van der Waals surface area contributed by atoms with E-state index in [1.54, 1.807) is 23.2 Å². The number of hydrogen-bond acceptors (Lipinski definition) is 5. The number of nitrogens with one attached hydrogen (secondary N) is 1. The van der Waals surface area contributed by atoms with Crippen molar-refractivity contribution in [2.75, 3.05) is 0 Å². The number of aryl methyl sites for hydroxylation is 1. The Labute approximate surface area is 111 Å². The van der Waals surface area contributed by atoms with E-state index in [0.29, 0.717) is 10.4 Å². The summed E-state index contributed by atoms with van der Waals surface area (Å²) in [5.74, 6) is 0.550. The molecule has 0 unspecified atom stereocenters. The SMILES string of the molecule is CCn1ncc2c1ncc1c(=S)nc3nc[nH]n3c12. The normalized spacial score (nSPS) is 11.8. The lowest BCUT2D eigenvalue weighted by Crippen LogP contribution is -1.99. The molecule has 1 N–H and O–H groups in total. The Morgan fingerprint density at radius 1 is 1.26 bits per heavy atom. The highest BCUT2D eigenvalue weighted by molar-refractivity contribution is 7.71. The fraction of sp³-hybridized carbons (Fsp3) is 0.182. The molecule has 7 nitrogen and oxygen atoms in total. The Balaban J connectivity index is 2.37. The zero-order valence-corrected chi connectivity index (χ0v) is 10.8. The number of nitrogens with zero attached hydrogens (tertiary/aromatic N) is 6. The van der Waals surface area contributed by atoms with Gasteiger partial charge in [0.15, 0.2) is 5.65 Å². The van der Waals surface area contributed by atoms with E-state index >= 15 is 0 Å². The summed E-state index contributed by atoms with van der Waals surface area (Å²) >= 11 is 5.30. The van der Waals surface area contributed by atoms with Gasteiger partial charge >= 0.3 is 0 Å². The van der Waals surface area contributed by atoms with E-state index in [0.717, 1.165) is 28.5 Å². The maximum Gasteiger partial charge on any atom is 0.252 e. The van der Waals surface area contributed by atoms with Gasteiger partial charge in [-0.05, 0) is 6.92 Å². The lowest BCUT2D eigenvalue weighted by atomic mass is 10.2. The van der Waals surface area contributed by atoms with Crippen molar-refractivity contribution in [1.29, 1.82) is 0 Å². The molecular weight excluding hydrogens is 262 g/mol. The first-order valence-corrected chi connectivity index (χ1v) is 6.27. The number of aromatic amines is 1. The standard InChI is InChI=1S/C11H9N7S/c1-2-17-9-6(4-14-17)8-7(3-12-9)10(19)16-11-13-5-15-18(8)11/h3-5H,2H2,1H3,(H,13,15,16,19). The van der Waals surface area contributed by atoms with Gasteiger partial charge in [-0.2, -0.15) is 10.1 Å². The molecule has 4 heterocycles. The highest BCUT2D eigenvalue weighted by atomic mass is 32.1. The summed E-state index contributed by atoms with van der Waals surface area (Å²) in [4.78, 5) is 12.8. The van der Waals surface area contributed by atoms with Gasteiger partial charge in [0.25, 0.3) is 5.78 Å². The van der Waals surface area contributed by atoms with Crippen LogP contribution >= 0.6 is 12.2 Å². The molecule has 0 spiro atoms. The van der Waals surface area contributed by atoms with Crippen molar-refractivity contribution in [3.05, 3.63) is 23.4 Å². The largest absolute Gasteiger partial charge is 0.280 e. The van der Waals surface area contributed by atoms with Crippen molar-refractivity contribution in [2.24, 2.45) is 0 Å². The molecule has 0 fully saturated rings. The van der Waals surface area contributed by atoms with Gasteiger partial charge < -0.3 is 0 Å². The molecule has 8 heteroatoms. The average Bonchev–Trinajstić information content (AvgIpc) is 3.03. The van der Waals surface area contributed by atoms with E-state index in [-0.39, 0.29) is 0 Å². The van der Waals surface area contributed by atoms with Crippen LogP contribution in [0.5, 0.6) is 0 Å². The van der Waals surface area contributed by atoms with Crippen LogP contribution in [0.4, 0.5) is 0 Å². The Morgan fingerprint density at radius 3 is 3.00 bits per heavy atom. The van der Waals surface area contributed by atoms with Gasteiger partial charge in [0.05, 0.1) is 22.5 Å². The Hall–Kier alpha value is -2.35. The molecule has 0 bridgehead atoms. The van der Waals surface area contributed by atoms with Crippen LogP contribution in [0.2, 0.25) is 0 Å². The van der Waals surface area contributed by atoms with Crippen LogP contribution < -0.4 is 0 Å². The Kier molecular flexibility index (Phi) is 1.99. The fourth-order valence-electron chi connectivity index (χ4n) is 2.30. The number of rotatable bonds is 1. The molecule has 0 atom stereocenters. The Bertz CT molecular complexity index is 977. The molecule has 4 aromatic rings. The van der Waals surface area contributed by atoms with E-state index < -0.39 is 0 Å². The van der Waals surface area contributed by atoms with Crippen LogP contribution in [0.3, 0.4) is 0 Å². The van der Waals surface area contributed by atoms with E-state index in [1.165, 1.54) is 0 Å². The first kappa shape index (κ1) is 10.6. The van der Waals surface area contributed by atoms with Crippen LogP contribution in [0.1, 0.15) is 6.92 Å². The summed E-state index contributed by atoms with van der Waals surface area (Å²) in [6, 6.07) is 0. The van der Waals surface area contributed by atoms with Crippen LogP contribution in [0.15, 0.2) is 18.7 Å². The summed E-state index contributed by atoms with van der Waals surface area (Å²) in [6.45, 7) is 2.80. The predicted octanol–water partition coefficient (Wildman–Crippen LogP) is 1.70. The topological polar surface area (TPSA) is 76.7 Å². The van der Waals surface area contributed by atoms with Crippen molar-refractivity contribution in [2.45, 2.75) is 13.5 Å². The molecule has 0 aromatic carbocycles. The minimum absolute atomic E-state index is 0.501. The van der Waals surface area contributed by atoms with Gasteiger partial charge in [0, 0.05) is 12.7 Å². The number of fused-ring (bicyclic) bond motifs is 5. The number of H-pyrrole nitrogens is 1. The summed E-state index contributed by atoms with van der Waals surface area (Å²) in [7, 11) is 0. The summed E-state index contributed by atoms with van der Waals surface area (Å²) in [5.41, 5.74) is 1.75. The molecule has 0 aliphatic rings. The highest BCUT2D eigenvalue weighted by Crippen LogP contribution is 2.23. The predicted molar refractivity (Wildman–Crippen MR) is 72.4 cm³/mol. The second-order valence-electron chi connectivity index (χ2n) is 4.16.